The lowest BCUT2D eigenvalue weighted by Crippen LogP contribution is -2.29. The first-order chi connectivity index (χ1) is 7.77. The molecule has 0 saturated carbocycles. The molecule has 3 N–H and O–H groups in total. The molecule has 0 aromatic heterocycles. The smallest absolute Gasteiger partial charge is 0.231 e. The van der Waals surface area contributed by atoms with E-state index in [1.807, 2.05) is 0 Å². The Kier molecular flexibility index (Phi) is 12.1. The van der Waals surface area contributed by atoms with Crippen LogP contribution in [-0.4, -0.2) is 19.0 Å². The molecule has 0 saturated heterocycles. The predicted molar refractivity (Wildman–Crippen MR) is 69.3 cm³/mol. The highest BCUT2D eigenvalue weighted by molar-refractivity contribution is 5.75. The Balaban J connectivity index is 2.90. The zero-order chi connectivity index (χ0) is 12.1. The van der Waals surface area contributed by atoms with Gasteiger partial charge in [-0.25, -0.2) is 0 Å². The van der Waals surface area contributed by atoms with Crippen LogP contribution in [0.15, 0.2) is 0 Å². The Hall–Kier alpha value is -0.570. The molecule has 3 heteroatoms. The Morgan fingerprint density at radius 3 is 1.94 bits per heavy atom. The number of amides is 1. The van der Waals surface area contributed by atoms with E-state index in [0.29, 0.717) is 6.54 Å². The van der Waals surface area contributed by atoms with Crippen molar-refractivity contribution in [2.45, 2.75) is 64.7 Å². The first kappa shape index (κ1) is 15.4. The maximum absolute atomic E-state index is 10.4. The molecule has 0 fully saturated rings. The van der Waals surface area contributed by atoms with Crippen molar-refractivity contribution in [3.05, 3.63) is 0 Å². The second kappa shape index (κ2) is 12.5. The van der Waals surface area contributed by atoms with Crippen molar-refractivity contribution >= 4 is 5.91 Å². The van der Waals surface area contributed by atoms with Crippen LogP contribution in [0.25, 0.3) is 0 Å². The molecule has 0 atom stereocenters. The van der Waals surface area contributed by atoms with Crippen molar-refractivity contribution in [2.24, 2.45) is 5.73 Å². The van der Waals surface area contributed by atoms with Gasteiger partial charge in [0, 0.05) is 0 Å². The molecular weight excluding hydrogens is 200 g/mol. The van der Waals surface area contributed by atoms with Gasteiger partial charge in [0.2, 0.25) is 5.91 Å². The maximum atomic E-state index is 10.4. The molecule has 16 heavy (non-hydrogen) atoms. The van der Waals surface area contributed by atoms with Gasteiger partial charge in [-0.05, 0) is 13.0 Å². The molecule has 1 amide bonds. The number of unbranched alkanes of at least 4 members (excludes halogenated alkanes) is 8. The Morgan fingerprint density at radius 1 is 0.938 bits per heavy atom. The molecule has 0 bridgehead atoms. The average molecular weight is 228 g/mol. The summed E-state index contributed by atoms with van der Waals surface area (Å²) in [5.41, 5.74) is 5.01. The van der Waals surface area contributed by atoms with Crippen molar-refractivity contribution in [3.8, 4) is 0 Å². The van der Waals surface area contributed by atoms with E-state index in [0.717, 1.165) is 13.0 Å². The number of nitrogens with two attached hydrogens (primary N) is 1. The molecule has 0 rings (SSSR count). The second-order valence-corrected chi connectivity index (χ2v) is 4.47. The van der Waals surface area contributed by atoms with E-state index >= 15 is 0 Å². The van der Waals surface area contributed by atoms with Crippen LogP contribution < -0.4 is 11.1 Å². The van der Waals surface area contributed by atoms with Crippen LogP contribution in [0.1, 0.15) is 64.7 Å². The molecule has 0 aliphatic rings. The molecule has 0 aromatic rings. The normalized spacial score (nSPS) is 10.6. The van der Waals surface area contributed by atoms with E-state index in [-0.39, 0.29) is 5.91 Å². The summed E-state index contributed by atoms with van der Waals surface area (Å²) in [5, 5.41) is 3.03. The third kappa shape index (κ3) is 13.4. The fourth-order valence-electron chi connectivity index (χ4n) is 1.77. The van der Waals surface area contributed by atoms with Gasteiger partial charge in [0.15, 0.2) is 0 Å². The minimum atomic E-state index is -0.268. The topological polar surface area (TPSA) is 55.1 Å². The van der Waals surface area contributed by atoms with Gasteiger partial charge in [-0.1, -0.05) is 58.3 Å². The summed E-state index contributed by atoms with van der Waals surface area (Å²) in [4.78, 5) is 10.4. The molecule has 0 aromatic carbocycles. The van der Waals surface area contributed by atoms with Crippen LogP contribution in [0.2, 0.25) is 0 Å². The molecule has 0 heterocycles. The summed E-state index contributed by atoms with van der Waals surface area (Å²) in [6.07, 6.45) is 12.0. The lowest BCUT2D eigenvalue weighted by atomic mass is 10.1. The van der Waals surface area contributed by atoms with Gasteiger partial charge < -0.3 is 11.1 Å². The SMILES string of the molecule is CCCCCCCCCCCNCC(N)=O. The number of carbonyl (C=O) groups excluding carboxylic acids is 1. The average Bonchev–Trinajstić information content (AvgIpc) is 2.25. The summed E-state index contributed by atoms with van der Waals surface area (Å²) in [6, 6.07) is 0. The van der Waals surface area contributed by atoms with Gasteiger partial charge in [-0.2, -0.15) is 0 Å². The highest BCUT2D eigenvalue weighted by Crippen LogP contribution is 2.08. The van der Waals surface area contributed by atoms with E-state index in [1.165, 1.54) is 51.4 Å². The lowest BCUT2D eigenvalue weighted by molar-refractivity contribution is -0.117. The largest absolute Gasteiger partial charge is 0.369 e. The van der Waals surface area contributed by atoms with Crippen LogP contribution in [0.3, 0.4) is 0 Å². The molecule has 0 radical (unpaired) electrons. The molecule has 96 valence electrons. The fraction of sp³-hybridized carbons (Fsp3) is 0.923. The summed E-state index contributed by atoms with van der Waals surface area (Å²) in [6.45, 7) is 3.48. The van der Waals surface area contributed by atoms with E-state index in [4.69, 9.17) is 5.73 Å². The summed E-state index contributed by atoms with van der Waals surface area (Å²) >= 11 is 0. The number of carbonyl (C=O) groups is 1. The maximum Gasteiger partial charge on any atom is 0.231 e. The highest BCUT2D eigenvalue weighted by atomic mass is 16.1. The standard InChI is InChI=1S/C13H28N2O/c1-2-3-4-5-6-7-8-9-10-11-15-12-13(14)16/h15H,2-12H2,1H3,(H2,14,16). The Labute approximate surface area is 100 Å². The number of hydrogen-bond donors (Lipinski definition) is 2. The first-order valence-electron chi connectivity index (χ1n) is 6.76. The van der Waals surface area contributed by atoms with Crippen molar-refractivity contribution in [3.63, 3.8) is 0 Å². The second-order valence-electron chi connectivity index (χ2n) is 4.47. The van der Waals surface area contributed by atoms with Crippen LogP contribution in [0.5, 0.6) is 0 Å². The van der Waals surface area contributed by atoms with Crippen molar-refractivity contribution < 1.29 is 4.79 Å². The zero-order valence-electron chi connectivity index (χ0n) is 10.8. The Bertz CT molecular complexity index is 160. The molecule has 3 nitrogen and oxygen atoms in total. The quantitative estimate of drug-likeness (QED) is 0.504. The number of hydrogen-bond acceptors (Lipinski definition) is 2. The van der Waals surface area contributed by atoms with Gasteiger partial charge in [0.25, 0.3) is 0 Å². The third-order valence-corrected chi connectivity index (χ3v) is 2.76. The van der Waals surface area contributed by atoms with E-state index in [2.05, 4.69) is 12.2 Å². The lowest BCUT2D eigenvalue weighted by Gasteiger charge is -2.03. The molecular formula is C13H28N2O. The number of nitrogens with one attached hydrogen (secondary N) is 1. The van der Waals surface area contributed by atoms with Crippen LogP contribution in [0, 0.1) is 0 Å². The predicted octanol–water partition coefficient (Wildman–Crippen LogP) is 2.59. The van der Waals surface area contributed by atoms with Gasteiger partial charge in [-0.3, -0.25) is 4.79 Å². The molecule has 0 spiro atoms. The van der Waals surface area contributed by atoms with E-state index < -0.39 is 0 Å². The van der Waals surface area contributed by atoms with Gasteiger partial charge in [0.05, 0.1) is 6.54 Å². The zero-order valence-corrected chi connectivity index (χ0v) is 10.8. The minimum absolute atomic E-state index is 0.268. The summed E-state index contributed by atoms with van der Waals surface area (Å²) in [5.74, 6) is -0.268. The molecule has 0 aliphatic heterocycles. The Morgan fingerprint density at radius 2 is 1.44 bits per heavy atom. The number of primary amides is 1. The van der Waals surface area contributed by atoms with Crippen LogP contribution in [0.4, 0.5) is 0 Å². The van der Waals surface area contributed by atoms with Gasteiger partial charge in [-0.15, -0.1) is 0 Å². The fourth-order valence-corrected chi connectivity index (χ4v) is 1.77. The molecule has 0 unspecified atom stereocenters. The third-order valence-electron chi connectivity index (χ3n) is 2.76. The number of rotatable bonds is 12. The van der Waals surface area contributed by atoms with Crippen molar-refractivity contribution in [1.82, 2.24) is 5.32 Å². The summed E-state index contributed by atoms with van der Waals surface area (Å²) in [7, 11) is 0. The van der Waals surface area contributed by atoms with Crippen LogP contribution >= 0.6 is 0 Å². The van der Waals surface area contributed by atoms with Gasteiger partial charge >= 0.3 is 0 Å². The first-order valence-corrected chi connectivity index (χ1v) is 6.76. The van der Waals surface area contributed by atoms with Gasteiger partial charge in [0.1, 0.15) is 0 Å². The summed E-state index contributed by atoms with van der Waals surface area (Å²) < 4.78 is 0. The van der Waals surface area contributed by atoms with Crippen molar-refractivity contribution in [2.75, 3.05) is 13.1 Å². The highest BCUT2D eigenvalue weighted by Gasteiger charge is 1.94. The monoisotopic (exact) mass is 228 g/mol. The van der Waals surface area contributed by atoms with Crippen molar-refractivity contribution in [1.29, 1.82) is 0 Å². The van der Waals surface area contributed by atoms with E-state index in [1.54, 1.807) is 0 Å². The van der Waals surface area contributed by atoms with E-state index in [9.17, 15) is 4.79 Å². The minimum Gasteiger partial charge on any atom is -0.369 e. The molecule has 0 aliphatic carbocycles. The van der Waals surface area contributed by atoms with Crippen LogP contribution in [-0.2, 0) is 4.79 Å².